The third kappa shape index (κ3) is 4.06. The van der Waals surface area contributed by atoms with Crippen molar-refractivity contribution in [3.05, 3.63) is 12.7 Å². The Balaban J connectivity index is 4.53. The number of rotatable bonds is 6. The van der Waals surface area contributed by atoms with E-state index < -0.39 is 15.8 Å². The van der Waals surface area contributed by atoms with E-state index in [0.717, 1.165) is 6.42 Å². The first-order chi connectivity index (χ1) is 6.08. The first-order valence-electron chi connectivity index (χ1n) is 4.04. The topological polar surface area (TPSA) is 61.2 Å². The van der Waals surface area contributed by atoms with Crippen LogP contribution in [0.3, 0.4) is 0 Å². The lowest BCUT2D eigenvalue weighted by Crippen LogP contribution is -2.33. The van der Waals surface area contributed by atoms with E-state index in [4.69, 9.17) is 5.26 Å². The van der Waals surface area contributed by atoms with Crippen LogP contribution in [0, 0.1) is 11.3 Å². The number of hydrogen-bond donors (Lipinski definition) is 0. The Labute approximate surface area is 79.5 Å². The molecule has 74 valence electrons. The lowest BCUT2D eigenvalue weighted by molar-refractivity contribution is 0.444. The second kappa shape index (κ2) is 5.73. The maximum Gasteiger partial charge on any atom is 0.227 e. The van der Waals surface area contributed by atoms with Gasteiger partial charge in [0.2, 0.25) is 10.0 Å². The molecule has 13 heavy (non-hydrogen) atoms. The summed E-state index contributed by atoms with van der Waals surface area (Å²) in [6, 6.07) is 1.64. The molecule has 5 heteroatoms. The summed E-state index contributed by atoms with van der Waals surface area (Å²) in [4.78, 5) is 0. The van der Waals surface area contributed by atoms with Crippen LogP contribution in [-0.4, -0.2) is 31.6 Å². The fourth-order valence-electron chi connectivity index (χ4n) is 0.910. The predicted molar refractivity (Wildman–Crippen MR) is 51.5 cm³/mol. The minimum atomic E-state index is -3.40. The van der Waals surface area contributed by atoms with Crippen LogP contribution < -0.4 is 0 Å². The van der Waals surface area contributed by atoms with E-state index in [0.29, 0.717) is 6.54 Å². The minimum absolute atomic E-state index is 0.276. The second-order valence-corrected chi connectivity index (χ2v) is 4.53. The Bertz CT molecular complexity index is 290. The van der Waals surface area contributed by atoms with Gasteiger partial charge in [0, 0.05) is 13.1 Å². The highest BCUT2D eigenvalue weighted by Crippen LogP contribution is 2.02. The first kappa shape index (κ1) is 12.1. The van der Waals surface area contributed by atoms with Gasteiger partial charge in [0.05, 0.1) is 6.07 Å². The van der Waals surface area contributed by atoms with Crippen LogP contribution in [0.25, 0.3) is 0 Å². The summed E-state index contributed by atoms with van der Waals surface area (Å²) < 4.78 is 24.0. The summed E-state index contributed by atoms with van der Waals surface area (Å²) in [6.07, 6.45) is 2.25. The van der Waals surface area contributed by atoms with Crippen LogP contribution in [0.2, 0.25) is 0 Å². The Morgan fingerprint density at radius 2 is 2.23 bits per heavy atom. The zero-order valence-corrected chi connectivity index (χ0v) is 8.55. The molecule has 4 nitrogen and oxygen atoms in total. The Hall–Kier alpha value is -0.860. The molecular weight excluding hydrogens is 188 g/mol. The van der Waals surface area contributed by atoms with Crippen molar-refractivity contribution in [2.45, 2.75) is 13.3 Å². The highest BCUT2D eigenvalue weighted by Gasteiger charge is 2.18. The maximum atomic E-state index is 11.4. The average Bonchev–Trinajstić information content (AvgIpc) is 2.04. The van der Waals surface area contributed by atoms with E-state index in [9.17, 15) is 8.42 Å². The largest absolute Gasteiger partial charge is 0.227 e. The average molecular weight is 202 g/mol. The van der Waals surface area contributed by atoms with E-state index in [1.807, 2.05) is 6.92 Å². The second-order valence-electron chi connectivity index (χ2n) is 2.56. The Kier molecular flexibility index (Phi) is 5.35. The molecule has 0 unspecified atom stereocenters. The molecule has 0 saturated carbocycles. The molecule has 0 heterocycles. The molecule has 0 N–H and O–H groups in total. The smallest absolute Gasteiger partial charge is 0.211 e. The summed E-state index contributed by atoms with van der Waals surface area (Å²) in [7, 11) is -3.40. The molecule has 0 spiro atoms. The normalized spacial score (nSPS) is 11.2. The van der Waals surface area contributed by atoms with Gasteiger partial charge >= 0.3 is 0 Å². The highest BCUT2D eigenvalue weighted by atomic mass is 32.2. The van der Waals surface area contributed by atoms with Crippen molar-refractivity contribution >= 4 is 10.0 Å². The fraction of sp³-hybridized carbons (Fsp3) is 0.625. The molecule has 0 aliphatic carbocycles. The molecular formula is C8H14N2O2S. The lowest BCUT2D eigenvalue weighted by atomic mass is 10.5. The molecule has 0 aromatic carbocycles. The van der Waals surface area contributed by atoms with Crippen molar-refractivity contribution < 1.29 is 8.42 Å². The van der Waals surface area contributed by atoms with E-state index in [1.54, 1.807) is 6.07 Å². The number of nitrogens with zero attached hydrogens (tertiary/aromatic N) is 2. The van der Waals surface area contributed by atoms with Gasteiger partial charge in [-0.1, -0.05) is 13.0 Å². The molecule has 0 aromatic rings. The lowest BCUT2D eigenvalue weighted by Gasteiger charge is -2.17. The highest BCUT2D eigenvalue weighted by molar-refractivity contribution is 7.89. The van der Waals surface area contributed by atoms with E-state index in [1.165, 1.54) is 10.4 Å². The van der Waals surface area contributed by atoms with Crippen molar-refractivity contribution in [3.8, 4) is 6.07 Å². The third-order valence-electron chi connectivity index (χ3n) is 1.45. The van der Waals surface area contributed by atoms with Gasteiger partial charge in [0.25, 0.3) is 0 Å². The summed E-state index contributed by atoms with van der Waals surface area (Å²) in [5.74, 6) is -0.458. The molecule has 0 bridgehead atoms. The van der Waals surface area contributed by atoms with Gasteiger partial charge < -0.3 is 0 Å². The van der Waals surface area contributed by atoms with Crippen molar-refractivity contribution in [1.29, 1.82) is 5.26 Å². The molecule has 0 aliphatic heterocycles. The van der Waals surface area contributed by atoms with E-state index in [-0.39, 0.29) is 6.54 Å². The van der Waals surface area contributed by atoms with Crippen LogP contribution in [0.15, 0.2) is 12.7 Å². The van der Waals surface area contributed by atoms with Gasteiger partial charge in [-0.25, -0.2) is 8.42 Å². The minimum Gasteiger partial charge on any atom is -0.211 e. The SMILES string of the molecule is C=CCN(CCC)S(=O)(=O)CC#N. The van der Waals surface area contributed by atoms with E-state index in [2.05, 4.69) is 6.58 Å². The summed E-state index contributed by atoms with van der Waals surface area (Å²) >= 11 is 0. The summed E-state index contributed by atoms with van der Waals surface area (Å²) in [6.45, 7) is 6.07. The quantitative estimate of drug-likeness (QED) is 0.597. The van der Waals surface area contributed by atoms with E-state index >= 15 is 0 Å². The van der Waals surface area contributed by atoms with Crippen LogP contribution in [0.1, 0.15) is 13.3 Å². The van der Waals surface area contributed by atoms with Crippen molar-refractivity contribution in [1.82, 2.24) is 4.31 Å². The Morgan fingerprint density at radius 1 is 1.62 bits per heavy atom. The predicted octanol–water partition coefficient (Wildman–Crippen LogP) is 0.738. The molecule has 0 rings (SSSR count). The van der Waals surface area contributed by atoms with Crippen molar-refractivity contribution in [2.75, 3.05) is 18.8 Å². The maximum absolute atomic E-state index is 11.4. The van der Waals surface area contributed by atoms with Gasteiger partial charge in [0.15, 0.2) is 5.75 Å². The number of nitriles is 1. The van der Waals surface area contributed by atoms with Crippen LogP contribution in [-0.2, 0) is 10.0 Å². The monoisotopic (exact) mass is 202 g/mol. The first-order valence-corrected chi connectivity index (χ1v) is 5.65. The van der Waals surface area contributed by atoms with Crippen LogP contribution in [0.4, 0.5) is 0 Å². The third-order valence-corrected chi connectivity index (χ3v) is 3.06. The molecule has 0 saturated heterocycles. The summed E-state index contributed by atoms with van der Waals surface area (Å²) in [5.41, 5.74) is 0. The fourth-order valence-corrected chi connectivity index (χ4v) is 2.05. The zero-order chi connectivity index (χ0) is 10.3. The number of hydrogen-bond acceptors (Lipinski definition) is 3. The van der Waals surface area contributed by atoms with Crippen molar-refractivity contribution in [3.63, 3.8) is 0 Å². The number of sulfonamides is 1. The molecule has 0 fully saturated rings. The van der Waals surface area contributed by atoms with Crippen molar-refractivity contribution in [2.24, 2.45) is 0 Å². The zero-order valence-electron chi connectivity index (χ0n) is 7.73. The molecule has 0 amide bonds. The van der Waals surface area contributed by atoms with Crippen LogP contribution in [0.5, 0.6) is 0 Å². The van der Waals surface area contributed by atoms with Gasteiger partial charge in [0.1, 0.15) is 0 Å². The molecule has 0 aromatic heterocycles. The molecule has 0 radical (unpaired) electrons. The molecule has 0 atom stereocenters. The standard InChI is InChI=1S/C8H14N2O2S/c1-3-6-10(7-4-2)13(11,12)8-5-9/h3H,1,4,6-8H2,2H3. The van der Waals surface area contributed by atoms with Gasteiger partial charge in [-0.05, 0) is 6.42 Å². The van der Waals surface area contributed by atoms with Gasteiger partial charge in [-0.3, -0.25) is 0 Å². The van der Waals surface area contributed by atoms with Gasteiger partial charge in [-0.2, -0.15) is 9.57 Å². The molecule has 0 aliphatic rings. The van der Waals surface area contributed by atoms with Gasteiger partial charge in [-0.15, -0.1) is 6.58 Å². The summed E-state index contributed by atoms with van der Waals surface area (Å²) in [5, 5.41) is 8.31. The van der Waals surface area contributed by atoms with Crippen LogP contribution >= 0.6 is 0 Å². The Morgan fingerprint density at radius 3 is 2.62 bits per heavy atom.